The van der Waals surface area contributed by atoms with Crippen LogP contribution >= 0.6 is 0 Å². The quantitative estimate of drug-likeness (QED) is 0.613. The van der Waals surface area contributed by atoms with Gasteiger partial charge in [0, 0.05) is 24.2 Å². The van der Waals surface area contributed by atoms with Crippen LogP contribution in [0.15, 0.2) is 0 Å². The number of nitrogens with zero attached hydrogens (tertiary/aromatic N) is 2. The van der Waals surface area contributed by atoms with Gasteiger partial charge < -0.3 is 4.90 Å². The van der Waals surface area contributed by atoms with E-state index in [2.05, 4.69) is 51.6 Å². The predicted octanol–water partition coefficient (Wildman–Crippen LogP) is 1.81. The molecule has 78 valence electrons. The first-order valence-corrected chi connectivity index (χ1v) is 5.25. The van der Waals surface area contributed by atoms with Gasteiger partial charge in [0.2, 0.25) is 0 Å². The summed E-state index contributed by atoms with van der Waals surface area (Å²) < 4.78 is 0. The molecule has 1 saturated heterocycles. The predicted molar refractivity (Wildman–Crippen MR) is 58.0 cm³/mol. The van der Waals surface area contributed by atoms with Crippen LogP contribution in [0.1, 0.15) is 34.1 Å². The first-order valence-electron chi connectivity index (χ1n) is 5.25. The molecule has 2 nitrogen and oxygen atoms in total. The van der Waals surface area contributed by atoms with Crippen molar-refractivity contribution in [3.8, 4) is 0 Å². The third kappa shape index (κ3) is 2.44. The van der Waals surface area contributed by atoms with Crippen molar-refractivity contribution in [2.24, 2.45) is 0 Å². The van der Waals surface area contributed by atoms with Gasteiger partial charge in [0.05, 0.1) is 0 Å². The van der Waals surface area contributed by atoms with Gasteiger partial charge in [0.1, 0.15) is 0 Å². The zero-order chi connectivity index (χ0) is 10.2. The van der Waals surface area contributed by atoms with E-state index in [0.29, 0.717) is 5.54 Å². The molecule has 1 aliphatic rings. The fraction of sp³-hybridized carbons (Fsp3) is 1.00. The van der Waals surface area contributed by atoms with Crippen LogP contribution in [-0.4, -0.2) is 48.1 Å². The van der Waals surface area contributed by atoms with E-state index < -0.39 is 0 Å². The molecule has 0 aliphatic carbocycles. The molecule has 0 radical (unpaired) electrons. The van der Waals surface area contributed by atoms with E-state index in [1.807, 2.05) is 0 Å². The smallest absolute Gasteiger partial charge is 0.0232 e. The Morgan fingerprint density at radius 2 is 1.77 bits per heavy atom. The molecule has 1 fully saturated rings. The van der Waals surface area contributed by atoms with Gasteiger partial charge >= 0.3 is 0 Å². The molecule has 0 aromatic carbocycles. The second-order valence-electron chi connectivity index (χ2n) is 5.53. The van der Waals surface area contributed by atoms with Crippen LogP contribution in [0.2, 0.25) is 0 Å². The Kier molecular flexibility index (Phi) is 3.03. The van der Waals surface area contributed by atoms with Crippen LogP contribution in [0.4, 0.5) is 0 Å². The summed E-state index contributed by atoms with van der Waals surface area (Å²) in [6.45, 7) is 10.5. The zero-order valence-electron chi connectivity index (χ0n) is 9.96. The summed E-state index contributed by atoms with van der Waals surface area (Å²) in [4.78, 5) is 4.96. The fourth-order valence-electron chi connectivity index (χ4n) is 2.31. The first kappa shape index (κ1) is 11.0. The first-order chi connectivity index (χ1) is 5.82. The monoisotopic (exact) mass is 184 g/mol. The molecule has 2 heteroatoms. The van der Waals surface area contributed by atoms with Crippen molar-refractivity contribution in [1.29, 1.82) is 0 Å². The number of rotatable bonds is 1. The summed E-state index contributed by atoms with van der Waals surface area (Å²) >= 11 is 0. The normalized spacial score (nSPS) is 31.6. The number of hydrogen-bond acceptors (Lipinski definition) is 2. The summed E-state index contributed by atoms with van der Waals surface area (Å²) in [5, 5.41) is 0. The van der Waals surface area contributed by atoms with E-state index >= 15 is 0 Å². The summed E-state index contributed by atoms with van der Waals surface area (Å²) in [6.07, 6.45) is 1.31. The van der Waals surface area contributed by atoms with Gasteiger partial charge in [-0.05, 0) is 48.2 Å². The van der Waals surface area contributed by atoms with Crippen LogP contribution in [-0.2, 0) is 0 Å². The highest BCUT2D eigenvalue weighted by atomic mass is 15.3. The Morgan fingerprint density at radius 1 is 1.23 bits per heavy atom. The highest BCUT2D eigenvalue weighted by Gasteiger charge is 2.36. The highest BCUT2D eigenvalue weighted by molar-refractivity contribution is 4.92. The molecule has 2 unspecified atom stereocenters. The van der Waals surface area contributed by atoms with Gasteiger partial charge in [0.25, 0.3) is 0 Å². The standard InChI is InChI=1S/C11H24N2/c1-9-7-10(12(5)6)8-13(9)11(2,3)4/h9-10H,7-8H2,1-6H3. The maximum Gasteiger partial charge on any atom is 0.0232 e. The van der Waals surface area contributed by atoms with Crippen molar-refractivity contribution in [2.45, 2.75) is 51.7 Å². The molecule has 0 N–H and O–H groups in total. The van der Waals surface area contributed by atoms with E-state index in [1.54, 1.807) is 0 Å². The summed E-state index contributed by atoms with van der Waals surface area (Å²) in [5.74, 6) is 0. The summed E-state index contributed by atoms with van der Waals surface area (Å²) in [7, 11) is 4.37. The van der Waals surface area contributed by atoms with Crippen LogP contribution < -0.4 is 0 Å². The molecule has 0 saturated carbocycles. The van der Waals surface area contributed by atoms with Gasteiger partial charge in [-0.1, -0.05) is 0 Å². The van der Waals surface area contributed by atoms with Crippen LogP contribution in [0.3, 0.4) is 0 Å². The Hall–Kier alpha value is -0.0800. The largest absolute Gasteiger partial charge is 0.305 e. The Bertz CT molecular complexity index is 169. The SMILES string of the molecule is CC1CC(N(C)C)CN1C(C)(C)C. The van der Waals surface area contributed by atoms with Crippen LogP contribution in [0, 0.1) is 0 Å². The molecule has 1 heterocycles. The maximum absolute atomic E-state index is 2.61. The molecular formula is C11H24N2. The molecule has 0 spiro atoms. The van der Waals surface area contributed by atoms with Crippen molar-refractivity contribution in [2.75, 3.05) is 20.6 Å². The topological polar surface area (TPSA) is 6.48 Å². The van der Waals surface area contributed by atoms with E-state index in [9.17, 15) is 0 Å². The zero-order valence-corrected chi connectivity index (χ0v) is 9.96. The van der Waals surface area contributed by atoms with Crippen molar-refractivity contribution in [3.63, 3.8) is 0 Å². The van der Waals surface area contributed by atoms with Crippen LogP contribution in [0.5, 0.6) is 0 Å². The van der Waals surface area contributed by atoms with Crippen molar-refractivity contribution >= 4 is 0 Å². The fourth-order valence-corrected chi connectivity index (χ4v) is 2.31. The van der Waals surface area contributed by atoms with Gasteiger partial charge in [-0.15, -0.1) is 0 Å². The second-order valence-corrected chi connectivity index (χ2v) is 5.53. The second kappa shape index (κ2) is 3.58. The van der Waals surface area contributed by atoms with Gasteiger partial charge in [-0.3, -0.25) is 4.90 Å². The van der Waals surface area contributed by atoms with E-state index in [1.165, 1.54) is 13.0 Å². The summed E-state index contributed by atoms with van der Waals surface area (Å²) in [5.41, 5.74) is 0.324. The van der Waals surface area contributed by atoms with E-state index in [0.717, 1.165) is 12.1 Å². The van der Waals surface area contributed by atoms with E-state index in [-0.39, 0.29) is 0 Å². The Morgan fingerprint density at radius 3 is 2.00 bits per heavy atom. The van der Waals surface area contributed by atoms with Crippen molar-refractivity contribution < 1.29 is 0 Å². The van der Waals surface area contributed by atoms with Gasteiger partial charge in [0.15, 0.2) is 0 Å². The minimum atomic E-state index is 0.324. The molecule has 13 heavy (non-hydrogen) atoms. The average molecular weight is 184 g/mol. The lowest BCUT2D eigenvalue weighted by atomic mass is 10.1. The van der Waals surface area contributed by atoms with Gasteiger partial charge in [-0.25, -0.2) is 0 Å². The molecule has 2 atom stereocenters. The van der Waals surface area contributed by atoms with E-state index in [4.69, 9.17) is 0 Å². The molecule has 0 aromatic rings. The minimum Gasteiger partial charge on any atom is -0.305 e. The van der Waals surface area contributed by atoms with Gasteiger partial charge in [-0.2, -0.15) is 0 Å². The number of likely N-dealkylation sites (N-methyl/N-ethyl adjacent to an activating group) is 1. The number of likely N-dealkylation sites (tertiary alicyclic amines) is 1. The lowest BCUT2D eigenvalue weighted by Gasteiger charge is -2.35. The lowest BCUT2D eigenvalue weighted by molar-refractivity contribution is 0.123. The van der Waals surface area contributed by atoms with Crippen LogP contribution in [0.25, 0.3) is 0 Å². The molecule has 1 rings (SSSR count). The van der Waals surface area contributed by atoms with Crippen molar-refractivity contribution in [1.82, 2.24) is 9.80 Å². The molecule has 0 aromatic heterocycles. The highest BCUT2D eigenvalue weighted by Crippen LogP contribution is 2.27. The summed E-state index contributed by atoms with van der Waals surface area (Å²) in [6, 6.07) is 1.47. The Balaban J connectivity index is 2.62. The third-order valence-corrected chi connectivity index (χ3v) is 3.14. The molecule has 0 amide bonds. The molecule has 0 bridgehead atoms. The van der Waals surface area contributed by atoms with Crippen molar-refractivity contribution in [3.05, 3.63) is 0 Å². The number of hydrogen-bond donors (Lipinski definition) is 0. The maximum atomic E-state index is 2.61. The lowest BCUT2D eigenvalue weighted by Crippen LogP contribution is -2.44. The third-order valence-electron chi connectivity index (χ3n) is 3.14. The Labute approximate surface area is 82.9 Å². The minimum absolute atomic E-state index is 0.324. The molecule has 1 aliphatic heterocycles. The average Bonchev–Trinajstić information content (AvgIpc) is 2.29. The molecular weight excluding hydrogens is 160 g/mol.